The van der Waals surface area contributed by atoms with Gasteiger partial charge in [-0.2, -0.15) is 0 Å². The first kappa shape index (κ1) is 15.4. The second-order valence-corrected chi connectivity index (χ2v) is 5.92. The van der Waals surface area contributed by atoms with Gasteiger partial charge in [0.1, 0.15) is 0 Å². The first-order valence-electron chi connectivity index (χ1n) is 8.07. The number of rotatable bonds is 6. The van der Waals surface area contributed by atoms with Gasteiger partial charge in [-0.3, -0.25) is 4.98 Å². The number of hydrogen-bond acceptors (Lipinski definition) is 2. The Morgan fingerprint density at radius 2 is 1.22 bits per heavy atom. The first-order chi connectivity index (χ1) is 11.3. The SMILES string of the molecule is N[C@@H](c1ccccn1)C(Cc1ccccc1)Cc1ccccc1. The summed E-state index contributed by atoms with van der Waals surface area (Å²) in [7, 11) is 0. The summed E-state index contributed by atoms with van der Waals surface area (Å²) in [5, 5.41) is 0. The number of nitrogens with zero attached hydrogens (tertiary/aromatic N) is 1. The molecule has 0 aliphatic rings. The van der Waals surface area contributed by atoms with Crippen LogP contribution in [0.4, 0.5) is 0 Å². The largest absolute Gasteiger partial charge is 0.322 e. The minimum atomic E-state index is -0.0726. The Hall–Kier alpha value is -2.45. The van der Waals surface area contributed by atoms with Gasteiger partial charge in [0.2, 0.25) is 0 Å². The lowest BCUT2D eigenvalue weighted by molar-refractivity contribution is 0.418. The van der Waals surface area contributed by atoms with Crippen LogP contribution in [-0.2, 0) is 12.8 Å². The molecule has 0 aliphatic heterocycles. The van der Waals surface area contributed by atoms with Crippen LogP contribution in [-0.4, -0.2) is 4.98 Å². The zero-order valence-corrected chi connectivity index (χ0v) is 13.2. The maximum absolute atomic E-state index is 6.57. The van der Waals surface area contributed by atoms with Gasteiger partial charge in [-0.05, 0) is 42.0 Å². The zero-order chi connectivity index (χ0) is 15.9. The van der Waals surface area contributed by atoms with Crippen molar-refractivity contribution in [3.05, 3.63) is 102 Å². The van der Waals surface area contributed by atoms with E-state index < -0.39 is 0 Å². The topological polar surface area (TPSA) is 38.9 Å². The average molecular weight is 302 g/mol. The Balaban J connectivity index is 1.83. The van der Waals surface area contributed by atoms with Crippen molar-refractivity contribution in [2.45, 2.75) is 18.9 Å². The Kier molecular flexibility index (Phi) is 5.17. The summed E-state index contributed by atoms with van der Waals surface area (Å²) in [4.78, 5) is 4.46. The monoisotopic (exact) mass is 302 g/mol. The normalized spacial score (nSPS) is 12.3. The lowest BCUT2D eigenvalue weighted by atomic mass is 9.85. The van der Waals surface area contributed by atoms with Crippen molar-refractivity contribution in [1.82, 2.24) is 4.98 Å². The van der Waals surface area contributed by atoms with Crippen LogP contribution in [0.3, 0.4) is 0 Å². The van der Waals surface area contributed by atoms with Crippen molar-refractivity contribution in [1.29, 1.82) is 0 Å². The molecule has 0 saturated heterocycles. The Morgan fingerprint density at radius 1 is 0.696 bits per heavy atom. The molecule has 3 rings (SSSR count). The van der Waals surface area contributed by atoms with E-state index in [-0.39, 0.29) is 6.04 Å². The highest BCUT2D eigenvalue weighted by Crippen LogP contribution is 2.25. The third-order valence-electron chi connectivity index (χ3n) is 4.22. The summed E-state index contributed by atoms with van der Waals surface area (Å²) in [6, 6.07) is 27.0. The Morgan fingerprint density at radius 3 is 1.70 bits per heavy atom. The zero-order valence-electron chi connectivity index (χ0n) is 13.2. The average Bonchev–Trinajstić information content (AvgIpc) is 2.63. The molecule has 1 aromatic heterocycles. The molecule has 3 aromatic rings. The van der Waals surface area contributed by atoms with E-state index in [4.69, 9.17) is 5.73 Å². The first-order valence-corrected chi connectivity index (χ1v) is 8.07. The Labute approximate surface area is 138 Å². The second kappa shape index (κ2) is 7.70. The number of hydrogen-bond donors (Lipinski definition) is 1. The van der Waals surface area contributed by atoms with Crippen LogP contribution in [0.25, 0.3) is 0 Å². The minimum absolute atomic E-state index is 0.0726. The maximum atomic E-state index is 6.57. The third kappa shape index (κ3) is 4.27. The lowest BCUT2D eigenvalue weighted by Crippen LogP contribution is -2.26. The van der Waals surface area contributed by atoms with E-state index in [2.05, 4.69) is 53.5 Å². The summed E-state index contributed by atoms with van der Waals surface area (Å²) < 4.78 is 0. The van der Waals surface area contributed by atoms with Gasteiger partial charge in [-0.25, -0.2) is 0 Å². The number of aromatic nitrogens is 1. The fourth-order valence-electron chi connectivity index (χ4n) is 2.97. The molecule has 1 heterocycles. The van der Waals surface area contributed by atoms with Crippen molar-refractivity contribution in [2.75, 3.05) is 0 Å². The van der Waals surface area contributed by atoms with Crippen LogP contribution < -0.4 is 5.73 Å². The minimum Gasteiger partial charge on any atom is -0.322 e. The molecule has 116 valence electrons. The summed E-state index contributed by atoms with van der Waals surface area (Å²) in [6.45, 7) is 0. The summed E-state index contributed by atoms with van der Waals surface area (Å²) in [5.74, 6) is 0.315. The van der Waals surface area contributed by atoms with Crippen molar-refractivity contribution in [3.8, 4) is 0 Å². The molecule has 0 aliphatic carbocycles. The van der Waals surface area contributed by atoms with Gasteiger partial charge in [0.15, 0.2) is 0 Å². The fourth-order valence-corrected chi connectivity index (χ4v) is 2.97. The lowest BCUT2D eigenvalue weighted by Gasteiger charge is -2.24. The van der Waals surface area contributed by atoms with Gasteiger partial charge < -0.3 is 5.73 Å². The van der Waals surface area contributed by atoms with Crippen LogP contribution in [0.2, 0.25) is 0 Å². The second-order valence-electron chi connectivity index (χ2n) is 5.92. The van der Waals surface area contributed by atoms with E-state index >= 15 is 0 Å². The molecule has 2 heteroatoms. The third-order valence-corrected chi connectivity index (χ3v) is 4.22. The molecule has 2 nitrogen and oxygen atoms in total. The molecule has 0 bridgehead atoms. The predicted molar refractivity (Wildman–Crippen MR) is 94.9 cm³/mol. The molecule has 0 spiro atoms. The van der Waals surface area contributed by atoms with E-state index in [9.17, 15) is 0 Å². The standard InChI is InChI=1S/C21H22N2/c22-21(20-13-7-8-14-23-20)19(15-17-9-3-1-4-10-17)16-18-11-5-2-6-12-18/h1-14,19,21H,15-16,22H2/t21-/m1/s1. The molecular weight excluding hydrogens is 280 g/mol. The van der Waals surface area contributed by atoms with E-state index in [1.54, 1.807) is 0 Å². The van der Waals surface area contributed by atoms with Gasteiger partial charge in [-0.15, -0.1) is 0 Å². The van der Waals surface area contributed by atoms with Gasteiger partial charge in [0.25, 0.3) is 0 Å². The van der Waals surface area contributed by atoms with Crippen LogP contribution in [0.5, 0.6) is 0 Å². The molecule has 0 amide bonds. The summed E-state index contributed by atoms with van der Waals surface area (Å²) in [6.07, 6.45) is 3.72. The van der Waals surface area contributed by atoms with Gasteiger partial charge in [0.05, 0.1) is 11.7 Å². The highest BCUT2D eigenvalue weighted by molar-refractivity contribution is 5.21. The van der Waals surface area contributed by atoms with E-state index in [0.29, 0.717) is 5.92 Å². The van der Waals surface area contributed by atoms with Crippen LogP contribution in [0.15, 0.2) is 85.1 Å². The van der Waals surface area contributed by atoms with Gasteiger partial charge in [0, 0.05) is 6.20 Å². The molecule has 23 heavy (non-hydrogen) atoms. The highest BCUT2D eigenvalue weighted by Gasteiger charge is 2.21. The number of nitrogens with two attached hydrogens (primary N) is 1. The van der Waals surface area contributed by atoms with Gasteiger partial charge >= 0.3 is 0 Å². The quantitative estimate of drug-likeness (QED) is 0.742. The van der Waals surface area contributed by atoms with Crippen molar-refractivity contribution >= 4 is 0 Å². The highest BCUT2D eigenvalue weighted by atomic mass is 14.8. The summed E-state index contributed by atoms with van der Waals surface area (Å²) >= 11 is 0. The Bertz CT molecular complexity index is 654. The number of benzene rings is 2. The van der Waals surface area contributed by atoms with Crippen molar-refractivity contribution in [2.24, 2.45) is 11.7 Å². The fraction of sp³-hybridized carbons (Fsp3) is 0.190. The van der Waals surface area contributed by atoms with E-state index in [1.165, 1.54) is 11.1 Å². The van der Waals surface area contributed by atoms with Crippen LogP contribution in [0.1, 0.15) is 22.9 Å². The number of pyridine rings is 1. The predicted octanol–water partition coefficient (Wildman–Crippen LogP) is 4.18. The van der Waals surface area contributed by atoms with Crippen molar-refractivity contribution < 1.29 is 0 Å². The van der Waals surface area contributed by atoms with E-state index in [1.807, 2.05) is 36.5 Å². The molecule has 1 atom stereocenters. The molecular formula is C21H22N2. The molecule has 0 radical (unpaired) electrons. The van der Waals surface area contributed by atoms with Crippen molar-refractivity contribution in [3.63, 3.8) is 0 Å². The van der Waals surface area contributed by atoms with Gasteiger partial charge in [-0.1, -0.05) is 66.7 Å². The van der Waals surface area contributed by atoms with Crippen LogP contribution in [0, 0.1) is 5.92 Å². The molecule has 0 fully saturated rings. The molecule has 0 saturated carbocycles. The molecule has 2 N–H and O–H groups in total. The summed E-state index contributed by atoms with van der Waals surface area (Å²) in [5.41, 5.74) is 10.2. The maximum Gasteiger partial charge on any atom is 0.0574 e. The van der Waals surface area contributed by atoms with E-state index in [0.717, 1.165) is 18.5 Å². The molecule has 2 aromatic carbocycles. The van der Waals surface area contributed by atoms with Crippen LogP contribution >= 0.6 is 0 Å². The smallest absolute Gasteiger partial charge is 0.0574 e. The molecule has 0 unspecified atom stereocenters.